The van der Waals surface area contributed by atoms with Gasteiger partial charge in [-0.1, -0.05) is 12.8 Å². The zero-order chi connectivity index (χ0) is 10.3. The second kappa shape index (κ2) is 6.56. The Kier molecular flexibility index (Phi) is 5.03. The topological polar surface area (TPSA) is 12.0 Å². The maximum Gasteiger partial charge on any atom is 0.0193 e. The fraction of sp³-hybridized carbons (Fsp3) is 0.667. The number of hydrogen-bond donors (Lipinski definition) is 1. The molecule has 0 saturated heterocycles. The van der Waals surface area contributed by atoms with Gasteiger partial charge in [-0.15, -0.1) is 0 Å². The van der Waals surface area contributed by atoms with Crippen molar-refractivity contribution in [1.29, 1.82) is 0 Å². The van der Waals surface area contributed by atoms with E-state index in [2.05, 4.69) is 22.1 Å². The quantitative estimate of drug-likeness (QED) is 0.765. The summed E-state index contributed by atoms with van der Waals surface area (Å²) in [6, 6.07) is 3.05. The Morgan fingerprint density at radius 3 is 3.00 bits per heavy atom. The predicted molar refractivity (Wildman–Crippen MR) is 70.7 cm³/mol. The van der Waals surface area contributed by atoms with Gasteiger partial charge in [-0.25, -0.2) is 0 Å². The molecule has 0 spiro atoms. The molecule has 1 nitrogen and oxygen atoms in total. The van der Waals surface area contributed by atoms with Crippen LogP contribution >= 0.6 is 23.1 Å². The molecule has 0 amide bonds. The van der Waals surface area contributed by atoms with E-state index in [0.29, 0.717) is 0 Å². The van der Waals surface area contributed by atoms with Gasteiger partial charge in [-0.3, -0.25) is 0 Å². The van der Waals surface area contributed by atoms with Crippen LogP contribution in [0, 0.1) is 0 Å². The van der Waals surface area contributed by atoms with E-state index in [-0.39, 0.29) is 0 Å². The summed E-state index contributed by atoms with van der Waals surface area (Å²) in [5.74, 6) is 2.42. The zero-order valence-electron chi connectivity index (χ0n) is 9.08. The summed E-state index contributed by atoms with van der Waals surface area (Å²) >= 11 is 3.83. The number of rotatable bonds is 6. The summed E-state index contributed by atoms with van der Waals surface area (Å²) in [5, 5.41) is 8.05. The normalized spacial score (nSPS) is 17.3. The molecule has 1 aliphatic rings. The van der Waals surface area contributed by atoms with Crippen molar-refractivity contribution in [2.75, 3.05) is 12.3 Å². The van der Waals surface area contributed by atoms with Crippen LogP contribution in [0.3, 0.4) is 0 Å². The minimum Gasteiger partial charge on any atom is -0.313 e. The number of thiophene rings is 1. The SMILES string of the molecule is c1cc(CSCCNC2CCCC2)cs1. The van der Waals surface area contributed by atoms with E-state index in [1.807, 2.05) is 11.8 Å². The molecular weight excluding hydrogens is 222 g/mol. The first-order valence-electron chi connectivity index (χ1n) is 5.77. The summed E-state index contributed by atoms with van der Waals surface area (Å²) in [6.07, 6.45) is 5.66. The molecule has 1 saturated carbocycles. The lowest BCUT2D eigenvalue weighted by Gasteiger charge is -2.10. The molecule has 1 aromatic heterocycles. The van der Waals surface area contributed by atoms with Crippen LogP contribution in [-0.4, -0.2) is 18.3 Å². The Labute approximate surface area is 101 Å². The van der Waals surface area contributed by atoms with Gasteiger partial charge in [-0.05, 0) is 35.2 Å². The molecule has 84 valence electrons. The van der Waals surface area contributed by atoms with Gasteiger partial charge in [0.2, 0.25) is 0 Å². The molecule has 0 radical (unpaired) electrons. The first-order valence-corrected chi connectivity index (χ1v) is 7.87. The van der Waals surface area contributed by atoms with Gasteiger partial charge < -0.3 is 5.32 Å². The Morgan fingerprint density at radius 2 is 2.27 bits per heavy atom. The molecule has 0 unspecified atom stereocenters. The smallest absolute Gasteiger partial charge is 0.0193 e. The third-order valence-corrected chi connectivity index (χ3v) is 4.65. The first-order chi connectivity index (χ1) is 7.45. The highest BCUT2D eigenvalue weighted by molar-refractivity contribution is 7.98. The van der Waals surface area contributed by atoms with Gasteiger partial charge in [0.25, 0.3) is 0 Å². The van der Waals surface area contributed by atoms with Crippen molar-refractivity contribution in [3.63, 3.8) is 0 Å². The summed E-state index contributed by atoms with van der Waals surface area (Å²) in [4.78, 5) is 0. The van der Waals surface area contributed by atoms with Gasteiger partial charge in [0.05, 0.1) is 0 Å². The van der Waals surface area contributed by atoms with Crippen LogP contribution in [0.5, 0.6) is 0 Å². The van der Waals surface area contributed by atoms with Crippen LogP contribution < -0.4 is 5.32 Å². The van der Waals surface area contributed by atoms with Crippen LogP contribution in [-0.2, 0) is 5.75 Å². The molecule has 1 heterocycles. The van der Waals surface area contributed by atoms with Crippen molar-refractivity contribution >= 4 is 23.1 Å². The maximum absolute atomic E-state index is 3.64. The van der Waals surface area contributed by atoms with E-state index in [1.165, 1.54) is 49.3 Å². The van der Waals surface area contributed by atoms with Gasteiger partial charge in [0.1, 0.15) is 0 Å². The largest absolute Gasteiger partial charge is 0.313 e. The van der Waals surface area contributed by atoms with E-state index in [4.69, 9.17) is 0 Å². The summed E-state index contributed by atoms with van der Waals surface area (Å²) in [6.45, 7) is 1.18. The zero-order valence-corrected chi connectivity index (χ0v) is 10.7. The number of hydrogen-bond acceptors (Lipinski definition) is 3. The van der Waals surface area contributed by atoms with Crippen molar-refractivity contribution in [2.24, 2.45) is 0 Å². The van der Waals surface area contributed by atoms with Gasteiger partial charge in [0, 0.05) is 24.1 Å². The molecule has 0 bridgehead atoms. The molecule has 0 aromatic carbocycles. The van der Waals surface area contributed by atoms with Gasteiger partial charge >= 0.3 is 0 Å². The van der Waals surface area contributed by atoms with Crippen LogP contribution in [0.25, 0.3) is 0 Å². The maximum atomic E-state index is 3.64. The molecular formula is C12H19NS2. The van der Waals surface area contributed by atoms with Crippen LogP contribution in [0.2, 0.25) is 0 Å². The Hall–Kier alpha value is 0.01000. The second-order valence-corrected chi connectivity index (χ2v) is 6.00. The molecule has 1 aliphatic carbocycles. The molecule has 1 aromatic rings. The van der Waals surface area contributed by atoms with Crippen LogP contribution in [0.15, 0.2) is 16.8 Å². The van der Waals surface area contributed by atoms with Gasteiger partial charge in [0.15, 0.2) is 0 Å². The van der Waals surface area contributed by atoms with Crippen molar-refractivity contribution in [2.45, 2.75) is 37.5 Å². The van der Waals surface area contributed by atoms with E-state index in [0.717, 1.165) is 6.04 Å². The summed E-state index contributed by atoms with van der Waals surface area (Å²) in [7, 11) is 0. The highest BCUT2D eigenvalue weighted by Gasteiger charge is 2.12. The van der Waals surface area contributed by atoms with Crippen molar-refractivity contribution < 1.29 is 0 Å². The Morgan fingerprint density at radius 1 is 1.40 bits per heavy atom. The highest BCUT2D eigenvalue weighted by Crippen LogP contribution is 2.18. The number of nitrogens with one attached hydrogen (secondary N) is 1. The molecule has 2 rings (SSSR count). The molecule has 0 atom stereocenters. The van der Waals surface area contributed by atoms with Crippen LogP contribution in [0.4, 0.5) is 0 Å². The Bertz CT molecular complexity index is 253. The Balaban J connectivity index is 1.48. The minimum atomic E-state index is 0.826. The summed E-state index contributed by atoms with van der Waals surface area (Å²) in [5.41, 5.74) is 1.48. The highest BCUT2D eigenvalue weighted by atomic mass is 32.2. The third kappa shape index (κ3) is 4.17. The molecule has 1 fully saturated rings. The van der Waals surface area contributed by atoms with E-state index in [1.54, 1.807) is 11.3 Å². The molecule has 3 heteroatoms. The van der Waals surface area contributed by atoms with Crippen LogP contribution in [0.1, 0.15) is 31.2 Å². The van der Waals surface area contributed by atoms with Crippen molar-refractivity contribution in [3.05, 3.63) is 22.4 Å². The second-order valence-electron chi connectivity index (χ2n) is 4.12. The average molecular weight is 241 g/mol. The van der Waals surface area contributed by atoms with E-state index >= 15 is 0 Å². The fourth-order valence-corrected chi connectivity index (χ4v) is 3.63. The van der Waals surface area contributed by atoms with Gasteiger partial charge in [-0.2, -0.15) is 23.1 Å². The lowest BCUT2D eigenvalue weighted by atomic mass is 10.2. The fourth-order valence-electron chi connectivity index (χ4n) is 2.03. The summed E-state index contributed by atoms with van der Waals surface area (Å²) < 4.78 is 0. The lowest BCUT2D eigenvalue weighted by Crippen LogP contribution is -2.28. The monoisotopic (exact) mass is 241 g/mol. The number of thioether (sulfide) groups is 1. The predicted octanol–water partition coefficient (Wildman–Crippen LogP) is 3.51. The third-order valence-electron chi connectivity index (χ3n) is 2.88. The standard InChI is InChI=1S/C12H19NS2/c1-2-4-12(3-1)13-6-8-15-10-11-5-7-14-9-11/h5,7,9,12-13H,1-4,6,8,10H2. The molecule has 15 heavy (non-hydrogen) atoms. The molecule has 0 aliphatic heterocycles. The lowest BCUT2D eigenvalue weighted by molar-refractivity contribution is 0.545. The van der Waals surface area contributed by atoms with Crippen molar-refractivity contribution in [3.8, 4) is 0 Å². The minimum absolute atomic E-state index is 0.826. The first kappa shape index (κ1) is 11.5. The molecule has 1 N–H and O–H groups in total. The van der Waals surface area contributed by atoms with Crippen molar-refractivity contribution in [1.82, 2.24) is 5.32 Å². The van der Waals surface area contributed by atoms with E-state index < -0.39 is 0 Å². The average Bonchev–Trinajstić information content (AvgIpc) is 2.88. The van der Waals surface area contributed by atoms with E-state index in [9.17, 15) is 0 Å².